The summed E-state index contributed by atoms with van der Waals surface area (Å²) in [5.41, 5.74) is 1.61. The quantitative estimate of drug-likeness (QED) is 0.789. The minimum Gasteiger partial charge on any atom is -0.465 e. The van der Waals surface area contributed by atoms with Crippen LogP contribution < -0.4 is 4.74 Å². The normalized spacial score (nSPS) is 15.1. The van der Waals surface area contributed by atoms with Crippen molar-refractivity contribution in [1.82, 2.24) is 0 Å². The minimum absolute atomic E-state index is 0.0298. The number of fused-ring (bicyclic) bond motifs is 1. The van der Waals surface area contributed by atoms with Gasteiger partial charge in [0, 0.05) is 5.56 Å². The predicted octanol–water partition coefficient (Wildman–Crippen LogP) is 2.31. The van der Waals surface area contributed by atoms with Gasteiger partial charge in [0.05, 0.1) is 12.7 Å². The molecule has 0 atom stereocenters. The van der Waals surface area contributed by atoms with E-state index < -0.39 is 16.0 Å². The van der Waals surface area contributed by atoms with Crippen molar-refractivity contribution in [2.75, 3.05) is 7.11 Å². The van der Waals surface area contributed by atoms with Crippen LogP contribution in [-0.4, -0.2) is 27.4 Å². The lowest BCUT2D eigenvalue weighted by atomic mass is 10.1. The fraction of sp³-hybridized carbons (Fsp3) is 0.125. The smallest absolute Gasteiger partial charge is 0.337 e. The number of hydrogen-bond donors (Lipinski definition) is 0. The number of nitrogens with zero attached hydrogens (tertiary/aromatic N) is 1. The maximum Gasteiger partial charge on any atom is 0.337 e. The first-order valence-electron chi connectivity index (χ1n) is 6.73. The van der Waals surface area contributed by atoms with Crippen molar-refractivity contribution in [2.45, 2.75) is 11.8 Å². The Balaban J connectivity index is 2.01. The van der Waals surface area contributed by atoms with Crippen LogP contribution in [0.5, 0.6) is 5.75 Å². The van der Waals surface area contributed by atoms with Gasteiger partial charge in [-0.15, -0.1) is 4.40 Å². The topological polar surface area (TPSA) is 82.0 Å². The number of aryl methyl sites for hydroxylation is 1. The fourth-order valence-electron chi connectivity index (χ4n) is 2.16. The molecule has 6 nitrogen and oxygen atoms in total. The molecular weight excluding hydrogens is 318 g/mol. The number of carbonyl (C=O) groups excluding carboxylic acids is 1. The number of rotatable bonds is 2. The molecule has 118 valence electrons. The fourth-order valence-corrected chi connectivity index (χ4v) is 3.32. The molecule has 1 aliphatic rings. The molecule has 1 heterocycles. The molecule has 0 fully saturated rings. The van der Waals surface area contributed by atoms with Gasteiger partial charge in [0.15, 0.2) is 0 Å². The summed E-state index contributed by atoms with van der Waals surface area (Å²) in [4.78, 5) is 11.5. The second-order valence-electron chi connectivity index (χ2n) is 4.99. The van der Waals surface area contributed by atoms with E-state index >= 15 is 0 Å². The first-order chi connectivity index (χ1) is 10.9. The Morgan fingerprint density at radius 2 is 1.83 bits per heavy atom. The molecule has 0 unspecified atom stereocenters. The van der Waals surface area contributed by atoms with Crippen LogP contribution in [-0.2, 0) is 14.8 Å². The molecule has 0 saturated heterocycles. The van der Waals surface area contributed by atoms with Gasteiger partial charge < -0.3 is 9.47 Å². The molecule has 7 heteroatoms. The zero-order valence-electron chi connectivity index (χ0n) is 12.4. The highest BCUT2D eigenvalue weighted by Gasteiger charge is 2.27. The maximum atomic E-state index is 12.3. The van der Waals surface area contributed by atoms with E-state index in [-0.39, 0.29) is 16.5 Å². The van der Waals surface area contributed by atoms with E-state index in [2.05, 4.69) is 9.13 Å². The van der Waals surface area contributed by atoms with Gasteiger partial charge in [0.25, 0.3) is 10.0 Å². The van der Waals surface area contributed by atoms with Crippen LogP contribution in [0.1, 0.15) is 21.5 Å². The van der Waals surface area contributed by atoms with Crippen LogP contribution in [0, 0.1) is 6.92 Å². The van der Waals surface area contributed by atoms with Crippen LogP contribution in [0.2, 0.25) is 0 Å². The van der Waals surface area contributed by atoms with Crippen LogP contribution in [0.4, 0.5) is 0 Å². The molecular formula is C16H13NO5S. The monoisotopic (exact) mass is 331 g/mol. The number of benzene rings is 2. The van der Waals surface area contributed by atoms with Crippen molar-refractivity contribution < 1.29 is 22.7 Å². The first kappa shape index (κ1) is 15.2. The van der Waals surface area contributed by atoms with Gasteiger partial charge in [-0.2, -0.15) is 8.42 Å². The Bertz CT molecular complexity index is 914. The van der Waals surface area contributed by atoms with Crippen molar-refractivity contribution in [3.05, 3.63) is 59.2 Å². The van der Waals surface area contributed by atoms with E-state index in [0.29, 0.717) is 11.1 Å². The van der Waals surface area contributed by atoms with Gasteiger partial charge in [0.2, 0.25) is 5.90 Å². The van der Waals surface area contributed by atoms with Crippen molar-refractivity contribution in [3.8, 4) is 5.75 Å². The minimum atomic E-state index is -3.82. The average Bonchev–Trinajstić information content (AvgIpc) is 2.54. The summed E-state index contributed by atoms with van der Waals surface area (Å²) in [5, 5.41) is 0. The van der Waals surface area contributed by atoms with Crippen molar-refractivity contribution in [2.24, 2.45) is 4.40 Å². The van der Waals surface area contributed by atoms with Crippen molar-refractivity contribution in [3.63, 3.8) is 0 Å². The highest BCUT2D eigenvalue weighted by atomic mass is 32.2. The highest BCUT2D eigenvalue weighted by molar-refractivity contribution is 7.90. The van der Waals surface area contributed by atoms with Crippen molar-refractivity contribution in [1.29, 1.82) is 0 Å². The molecule has 0 aliphatic carbocycles. The lowest BCUT2D eigenvalue weighted by Gasteiger charge is -2.17. The molecule has 0 saturated carbocycles. The number of esters is 1. The molecule has 2 aromatic carbocycles. The summed E-state index contributed by atoms with van der Waals surface area (Å²) in [5.74, 6) is -0.271. The van der Waals surface area contributed by atoms with Gasteiger partial charge in [0.1, 0.15) is 10.6 Å². The Hall–Kier alpha value is -2.67. The first-order valence-corrected chi connectivity index (χ1v) is 8.17. The maximum absolute atomic E-state index is 12.3. The largest absolute Gasteiger partial charge is 0.465 e. The average molecular weight is 331 g/mol. The van der Waals surface area contributed by atoms with Gasteiger partial charge in [-0.25, -0.2) is 4.79 Å². The molecule has 2 aromatic rings. The number of ether oxygens (including phenoxy) is 2. The second kappa shape index (κ2) is 5.51. The molecule has 0 spiro atoms. The lowest BCUT2D eigenvalue weighted by Crippen LogP contribution is -2.20. The third-order valence-electron chi connectivity index (χ3n) is 3.34. The van der Waals surface area contributed by atoms with Crippen LogP contribution >= 0.6 is 0 Å². The summed E-state index contributed by atoms with van der Waals surface area (Å²) < 4.78 is 38.5. The van der Waals surface area contributed by atoms with Gasteiger partial charge in [-0.3, -0.25) is 0 Å². The predicted molar refractivity (Wildman–Crippen MR) is 83.3 cm³/mol. The number of hydrogen-bond acceptors (Lipinski definition) is 5. The number of sulfonamides is 1. The van der Waals surface area contributed by atoms with Gasteiger partial charge in [-0.05, 0) is 48.9 Å². The molecule has 3 rings (SSSR count). The van der Waals surface area contributed by atoms with E-state index in [0.717, 1.165) is 5.56 Å². The Kier molecular flexibility index (Phi) is 3.65. The van der Waals surface area contributed by atoms with Gasteiger partial charge >= 0.3 is 5.97 Å². The van der Waals surface area contributed by atoms with Crippen molar-refractivity contribution >= 4 is 21.9 Å². The molecule has 0 amide bonds. The summed E-state index contributed by atoms with van der Waals surface area (Å²) in [7, 11) is -2.53. The molecule has 0 aromatic heterocycles. The van der Waals surface area contributed by atoms with E-state index in [1.807, 2.05) is 0 Å². The van der Waals surface area contributed by atoms with E-state index in [1.165, 1.54) is 25.3 Å². The standard InChI is InChI=1S/C16H13NO5S/c1-10-3-8-13-14(9-10)23(19,20)17-15(22-13)11-4-6-12(7-5-11)16(18)21-2/h3-9H,1-2H3. The van der Waals surface area contributed by atoms with E-state index in [9.17, 15) is 13.2 Å². The third kappa shape index (κ3) is 2.83. The molecule has 1 aliphatic heterocycles. The van der Waals surface area contributed by atoms with E-state index in [1.54, 1.807) is 31.2 Å². The summed E-state index contributed by atoms with van der Waals surface area (Å²) in [6.45, 7) is 1.79. The zero-order valence-corrected chi connectivity index (χ0v) is 13.3. The Morgan fingerprint density at radius 3 is 2.48 bits per heavy atom. The Morgan fingerprint density at radius 1 is 1.13 bits per heavy atom. The molecule has 0 bridgehead atoms. The summed E-state index contributed by atoms with van der Waals surface area (Å²) in [6, 6.07) is 11.0. The highest BCUT2D eigenvalue weighted by Crippen LogP contribution is 2.31. The third-order valence-corrected chi connectivity index (χ3v) is 4.62. The zero-order chi connectivity index (χ0) is 16.6. The van der Waals surface area contributed by atoms with Crippen LogP contribution in [0.25, 0.3) is 0 Å². The van der Waals surface area contributed by atoms with Gasteiger partial charge in [-0.1, -0.05) is 6.07 Å². The molecule has 23 heavy (non-hydrogen) atoms. The summed E-state index contributed by atoms with van der Waals surface area (Å²) in [6.07, 6.45) is 0. The molecule has 0 radical (unpaired) electrons. The Labute approximate surface area is 133 Å². The van der Waals surface area contributed by atoms with Crippen LogP contribution in [0.15, 0.2) is 51.8 Å². The number of carbonyl (C=O) groups is 1. The number of methoxy groups -OCH3 is 1. The van der Waals surface area contributed by atoms with Crippen LogP contribution in [0.3, 0.4) is 0 Å². The SMILES string of the molecule is COC(=O)c1ccc(C2=NS(=O)(=O)c3cc(C)ccc3O2)cc1. The second-order valence-corrected chi connectivity index (χ2v) is 6.57. The summed E-state index contributed by atoms with van der Waals surface area (Å²) >= 11 is 0. The lowest BCUT2D eigenvalue weighted by molar-refractivity contribution is 0.0600. The molecule has 0 N–H and O–H groups in total. The van der Waals surface area contributed by atoms with E-state index in [4.69, 9.17) is 4.74 Å².